The molecule has 7 heteroatoms. The molecule has 0 heterocycles. The first-order valence-corrected chi connectivity index (χ1v) is 10.0. The number of hydrogen-bond acceptors (Lipinski definition) is 5. The van der Waals surface area contributed by atoms with Gasteiger partial charge < -0.3 is 10.5 Å². The molecule has 0 fully saturated rings. The van der Waals surface area contributed by atoms with Gasteiger partial charge in [0.25, 0.3) is 10.1 Å². The van der Waals surface area contributed by atoms with E-state index in [1.165, 1.54) is 12.1 Å². The van der Waals surface area contributed by atoms with Crippen LogP contribution in [0.25, 0.3) is 11.1 Å². The number of anilines is 1. The lowest BCUT2D eigenvalue weighted by atomic mass is 9.98. The second-order valence-corrected chi connectivity index (χ2v) is 7.91. The van der Waals surface area contributed by atoms with Crippen LogP contribution in [-0.4, -0.2) is 25.5 Å². The molecular weight excluding hydrogens is 378 g/mol. The molecule has 1 aliphatic carbocycles. The Hall–Kier alpha value is -3.16. The number of hydrogen-bond donors (Lipinski definition) is 2. The predicted octanol–water partition coefficient (Wildman–Crippen LogP) is 3.48. The van der Waals surface area contributed by atoms with Crippen LogP contribution in [0.3, 0.4) is 0 Å². The molecule has 142 valence electrons. The van der Waals surface area contributed by atoms with Gasteiger partial charge in [0, 0.05) is 11.6 Å². The van der Waals surface area contributed by atoms with E-state index in [0.717, 1.165) is 28.3 Å². The van der Waals surface area contributed by atoms with Gasteiger partial charge in [0.1, 0.15) is 17.1 Å². The Morgan fingerprint density at radius 1 is 0.929 bits per heavy atom. The average Bonchev–Trinajstić information content (AvgIpc) is 2.99. The van der Waals surface area contributed by atoms with Crippen LogP contribution in [0.4, 0.5) is 5.69 Å². The van der Waals surface area contributed by atoms with E-state index in [1.54, 1.807) is 0 Å². The maximum absolute atomic E-state index is 12.6. The van der Waals surface area contributed by atoms with Gasteiger partial charge in [-0.1, -0.05) is 54.6 Å². The monoisotopic (exact) mass is 395 g/mol. The summed E-state index contributed by atoms with van der Waals surface area (Å²) in [6.45, 7) is 0.0200. The minimum Gasteiger partial charge on any atom is -0.461 e. The largest absolute Gasteiger partial charge is 0.461 e. The van der Waals surface area contributed by atoms with E-state index in [-0.39, 0.29) is 23.8 Å². The van der Waals surface area contributed by atoms with E-state index < -0.39 is 21.0 Å². The van der Waals surface area contributed by atoms with E-state index in [4.69, 9.17) is 10.5 Å². The summed E-state index contributed by atoms with van der Waals surface area (Å²) in [6.07, 6.45) is 0. The summed E-state index contributed by atoms with van der Waals surface area (Å²) in [5.41, 5.74) is 9.58. The fourth-order valence-corrected chi connectivity index (χ4v) is 4.36. The van der Waals surface area contributed by atoms with Gasteiger partial charge in [0.2, 0.25) is 0 Å². The van der Waals surface area contributed by atoms with Crippen LogP contribution in [-0.2, 0) is 14.9 Å². The Bertz CT molecular complexity index is 1140. The minimum atomic E-state index is -4.62. The van der Waals surface area contributed by atoms with Gasteiger partial charge >= 0.3 is 5.97 Å². The molecule has 0 spiro atoms. The first kappa shape index (κ1) is 18.2. The molecule has 6 nitrogen and oxygen atoms in total. The topological polar surface area (TPSA) is 107 Å². The number of carbonyl (C=O) groups is 1. The van der Waals surface area contributed by atoms with Crippen LogP contribution in [0.2, 0.25) is 0 Å². The van der Waals surface area contributed by atoms with Crippen LogP contribution in [0.1, 0.15) is 27.4 Å². The molecule has 0 aliphatic heterocycles. The maximum atomic E-state index is 12.6. The zero-order chi connectivity index (χ0) is 19.9. The molecule has 0 atom stereocenters. The lowest BCUT2D eigenvalue weighted by Crippen LogP contribution is -2.17. The molecule has 0 radical (unpaired) electrons. The van der Waals surface area contributed by atoms with Crippen LogP contribution in [0, 0.1) is 0 Å². The summed E-state index contributed by atoms with van der Waals surface area (Å²) in [5, 5.41) is 0. The molecule has 0 bridgehead atoms. The van der Waals surface area contributed by atoms with E-state index in [0.29, 0.717) is 0 Å². The third kappa shape index (κ3) is 3.04. The quantitative estimate of drug-likeness (QED) is 0.398. The summed E-state index contributed by atoms with van der Waals surface area (Å²) in [7, 11) is -4.62. The number of nitrogen functional groups attached to an aromatic ring is 1. The van der Waals surface area contributed by atoms with Crippen LogP contribution < -0.4 is 5.73 Å². The van der Waals surface area contributed by atoms with Crippen molar-refractivity contribution in [1.82, 2.24) is 0 Å². The van der Waals surface area contributed by atoms with Crippen LogP contribution >= 0.6 is 0 Å². The second-order valence-electron chi connectivity index (χ2n) is 6.52. The van der Waals surface area contributed by atoms with Crippen LogP contribution in [0.15, 0.2) is 71.6 Å². The molecule has 0 saturated carbocycles. The minimum absolute atomic E-state index is 0.0200. The van der Waals surface area contributed by atoms with Crippen molar-refractivity contribution in [3.63, 3.8) is 0 Å². The zero-order valence-corrected chi connectivity index (χ0v) is 15.5. The third-order valence-electron chi connectivity index (χ3n) is 4.88. The second kappa shape index (κ2) is 6.78. The highest BCUT2D eigenvalue weighted by molar-refractivity contribution is 7.86. The van der Waals surface area contributed by atoms with E-state index in [1.807, 2.05) is 48.5 Å². The van der Waals surface area contributed by atoms with Crippen molar-refractivity contribution in [2.45, 2.75) is 10.8 Å². The normalized spacial score (nSPS) is 13.0. The summed E-state index contributed by atoms with van der Waals surface area (Å²) in [5.74, 6) is -1.07. The lowest BCUT2D eigenvalue weighted by molar-refractivity contribution is 0.0490. The number of carbonyl (C=O) groups excluding carboxylic acids is 1. The van der Waals surface area contributed by atoms with Gasteiger partial charge in [0.05, 0.1) is 0 Å². The van der Waals surface area contributed by atoms with Gasteiger partial charge in [-0.3, -0.25) is 4.55 Å². The van der Waals surface area contributed by atoms with Crippen molar-refractivity contribution in [2.75, 3.05) is 12.3 Å². The molecule has 3 aromatic carbocycles. The fraction of sp³-hybridized carbons (Fsp3) is 0.0952. The molecule has 3 N–H and O–H groups in total. The summed E-state index contributed by atoms with van der Waals surface area (Å²) >= 11 is 0. The summed E-state index contributed by atoms with van der Waals surface area (Å²) in [4.78, 5) is 12.1. The highest BCUT2D eigenvalue weighted by atomic mass is 32.2. The third-order valence-corrected chi connectivity index (χ3v) is 5.78. The molecule has 1 aliphatic rings. The van der Waals surface area contributed by atoms with Crippen LogP contribution in [0.5, 0.6) is 0 Å². The Morgan fingerprint density at radius 3 is 2.07 bits per heavy atom. The number of nitrogens with two attached hydrogens (primary N) is 1. The summed E-state index contributed by atoms with van der Waals surface area (Å²) in [6, 6.07) is 19.6. The highest BCUT2D eigenvalue weighted by Crippen LogP contribution is 2.44. The maximum Gasteiger partial charge on any atom is 0.341 e. The van der Waals surface area contributed by atoms with Crippen molar-refractivity contribution in [2.24, 2.45) is 0 Å². The van der Waals surface area contributed by atoms with Crippen molar-refractivity contribution in [3.8, 4) is 11.1 Å². The Balaban J connectivity index is 1.66. The van der Waals surface area contributed by atoms with Gasteiger partial charge in [-0.25, -0.2) is 4.79 Å². The van der Waals surface area contributed by atoms with Gasteiger partial charge in [-0.2, -0.15) is 8.42 Å². The Labute approximate surface area is 162 Å². The molecule has 28 heavy (non-hydrogen) atoms. The van der Waals surface area contributed by atoms with E-state index >= 15 is 0 Å². The van der Waals surface area contributed by atoms with Crippen molar-refractivity contribution in [3.05, 3.63) is 83.4 Å². The van der Waals surface area contributed by atoms with E-state index in [9.17, 15) is 17.8 Å². The Kier molecular flexibility index (Phi) is 4.41. The first-order valence-electron chi connectivity index (χ1n) is 8.59. The first-order chi connectivity index (χ1) is 13.4. The molecular formula is C21H17NO5S. The predicted molar refractivity (Wildman–Crippen MR) is 105 cm³/mol. The van der Waals surface area contributed by atoms with Crippen molar-refractivity contribution in [1.29, 1.82) is 0 Å². The van der Waals surface area contributed by atoms with Gasteiger partial charge in [-0.15, -0.1) is 0 Å². The number of rotatable bonds is 4. The zero-order valence-electron chi connectivity index (χ0n) is 14.7. The fourth-order valence-electron chi connectivity index (χ4n) is 3.65. The molecule has 4 rings (SSSR count). The molecule has 0 saturated heterocycles. The highest BCUT2D eigenvalue weighted by Gasteiger charge is 2.30. The number of ether oxygens (including phenoxy) is 1. The van der Waals surface area contributed by atoms with Gasteiger partial charge in [-0.05, 0) is 34.4 Å². The summed E-state index contributed by atoms with van der Waals surface area (Å²) < 4.78 is 38.0. The standard InChI is InChI=1S/C21H17NO5S/c22-18-10-5-11-19(28(24,25)26)20(18)21(23)27-12-17-15-8-3-1-6-13(15)14-7-2-4-9-16(14)17/h1-11,17H,12,22H2,(H,24,25,26). The molecule has 0 aromatic heterocycles. The average molecular weight is 395 g/mol. The molecule has 0 unspecified atom stereocenters. The van der Waals surface area contributed by atoms with Crippen molar-refractivity contribution < 1.29 is 22.5 Å². The number of fused-ring (bicyclic) bond motifs is 3. The van der Waals surface area contributed by atoms with E-state index in [2.05, 4.69) is 0 Å². The van der Waals surface area contributed by atoms with Gasteiger partial charge in [0.15, 0.2) is 0 Å². The Morgan fingerprint density at radius 2 is 1.50 bits per heavy atom. The molecule has 3 aromatic rings. The lowest BCUT2D eigenvalue weighted by Gasteiger charge is -2.15. The SMILES string of the molecule is Nc1cccc(S(=O)(=O)O)c1C(=O)OCC1c2ccccc2-c2ccccc21. The number of esters is 1. The van der Waals surface area contributed by atoms with Crippen molar-refractivity contribution >= 4 is 21.8 Å². The molecule has 0 amide bonds. The number of benzene rings is 3. The smallest absolute Gasteiger partial charge is 0.341 e.